The number of ether oxygens (including phenoxy) is 1. The number of rotatable bonds is 14. The van der Waals surface area contributed by atoms with Gasteiger partial charge in [-0.15, -0.1) is 29.0 Å². The van der Waals surface area contributed by atoms with Gasteiger partial charge in [-0.2, -0.15) is 0 Å². The predicted octanol–water partition coefficient (Wildman–Crippen LogP) is 4.43. The lowest BCUT2D eigenvalue weighted by Crippen LogP contribution is -2.30. The maximum Gasteiger partial charge on any atom is 0.256 e. The Morgan fingerprint density at radius 3 is 2.69 bits per heavy atom. The van der Waals surface area contributed by atoms with Crippen LogP contribution in [0.5, 0.6) is 5.75 Å². The SMILES string of the molecule is CC#CCOc1ccc(SC(CCCCNC(=O)CCCc2cccs2)C(=O)NO)cc1. The second-order valence-electron chi connectivity index (χ2n) is 7.05. The number of hydrogen-bond acceptors (Lipinski definition) is 6. The summed E-state index contributed by atoms with van der Waals surface area (Å²) in [7, 11) is 0. The molecule has 1 atom stereocenters. The summed E-state index contributed by atoms with van der Waals surface area (Å²) in [6.07, 6.45) is 4.43. The molecule has 6 nitrogen and oxygen atoms in total. The largest absolute Gasteiger partial charge is 0.481 e. The van der Waals surface area contributed by atoms with E-state index < -0.39 is 11.2 Å². The summed E-state index contributed by atoms with van der Waals surface area (Å²) in [5.74, 6) is 5.96. The number of nitrogens with one attached hydrogen (secondary N) is 2. The number of hydrogen-bond donors (Lipinski definition) is 3. The molecule has 3 N–H and O–H groups in total. The topological polar surface area (TPSA) is 87.7 Å². The van der Waals surface area contributed by atoms with Crippen molar-refractivity contribution in [1.29, 1.82) is 0 Å². The molecule has 0 fully saturated rings. The fraction of sp³-hybridized carbons (Fsp3) is 0.417. The minimum absolute atomic E-state index is 0.0628. The molecule has 2 amide bonds. The zero-order valence-electron chi connectivity index (χ0n) is 18.3. The number of benzene rings is 1. The molecule has 32 heavy (non-hydrogen) atoms. The van der Waals surface area contributed by atoms with Gasteiger partial charge in [0.05, 0.1) is 5.25 Å². The predicted molar refractivity (Wildman–Crippen MR) is 129 cm³/mol. The Balaban J connectivity index is 1.66. The van der Waals surface area contributed by atoms with Gasteiger partial charge >= 0.3 is 0 Å². The van der Waals surface area contributed by atoms with Gasteiger partial charge in [-0.25, -0.2) is 5.48 Å². The second-order valence-corrected chi connectivity index (χ2v) is 9.36. The van der Waals surface area contributed by atoms with Crippen LogP contribution in [0.4, 0.5) is 0 Å². The molecule has 0 saturated carbocycles. The molecule has 0 radical (unpaired) electrons. The van der Waals surface area contributed by atoms with Crippen LogP contribution >= 0.6 is 23.1 Å². The summed E-state index contributed by atoms with van der Waals surface area (Å²) >= 11 is 3.11. The van der Waals surface area contributed by atoms with Gasteiger partial charge in [0.1, 0.15) is 12.4 Å². The van der Waals surface area contributed by atoms with Crippen molar-refractivity contribution in [2.24, 2.45) is 0 Å². The minimum atomic E-state index is -0.425. The van der Waals surface area contributed by atoms with E-state index in [1.165, 1.54) is 16.6 Å². The number of amides is 2. The van der Waals surface area contributed by atoms with E-state index in [2.05, 4.69) is 23.2 Å². The average molecular weight is 475 g/mol. The Morgan fingerprint density at radius 1 is 1.19 bits per heavy atom. The molecule has 1 heterocycles. The lowest BCUT2D eigenvalue weighted by Gasteiger charge is -2.15. The van der Waals surface area contributed by atoms with Crippen LogP contribution in [0, 0.1) is 11.8 Å². The molecule has 2 rings (SSSR count). The number of carbonyl (C=O) groups is 2. The van der Waals surface area contributed by atoms with Gasteiger partial charge < -0.3 is 10.1 Å². The molecule has 2 aromatic rings. The Bertz CT molecular complexity index is 874. The van der Waals surface area contributed by atoms with Crippen LogP contribution < -0.4 is 15.5 Å². The van der Waals surface area contributed by atoms with Crippen molar-refractivity contribution in [3.63, 3.8) is 0 Å². The van der Waals surface area contributed by atoms with Crippen molar-refractivity contribution in [3.05, 3.63) is 46.7 Å². The Kier molecular flexibility index (Phi) is 12.4. The first kappa shape index (κ1) is 25.8. The normalized spacial score (nSPS) is 11.2. The Labute approximate surface area is 198 Å². The van der Waals surface area contributed by atoms with Crippen molar-refractivity contribution >= 4 is 34.9 Å². The summed E-state index contributed by atoms with van der Waals surface area (Å²) in [6, 6.07) is 11.5. The first-order valence-corrected chi connectivity index (χ1v) is 12.4. The number of thiophene rings is 1. The van der Waals surface area contributed by atoms with E-state index in [1.807, 2.05) is 35.7 Å². The van der Waals surface area contributed by atoms with Crippen molar-refractivity contribution in [2.75, 3.05) is 13.2 Å². The molecule has 172 valence electrons. The van der Waals surface area contributed by atoms with Gasteiger partial charge in [0, 0.05) is 22.7 Å². The molecule has 0 aliphatic heterocycles. The maximum atomic E-state index is 12.1. The van der Waals surface area contributed by atoms with Crippen molar-refractivity contribution < 1.29 is 19.5 Å². The van der Waals surface area contributed by atoms with Gasteiger partial charge in [-0.3, -0.25) is 14.8 Å². The maximum absolute atomic E-state index is 12.1. The standard InChI is InChI=1S/C24H30N2O4S2/c1-2-3-17-30-19-12-14-21(15-13-19)32-22(24(28)26-29)10-4-5-16-25-23(27)11-6-8-20-9-7-18-31-20/h7,9,12-15,18,22,29H,4-6,8,10-11,16-17H2,1H3,(H,25,27)(H,26,28). The molecule has 0 saturated heterocycles. The Hall–Kier alpha value is -2.47. The van der Waals surface area contributed by atoms with E-state index in [0.29, 0.717) is 31.7 Å². The van der Waals surface area contributed by atoms with Crippen LogP contribution in [0.2, 0.25) is 0 Å². The number of unbranched alkanes of at least 4 members (excludes halogenated alkanes) is 1. The monoisotopic (exact) mass is 474 g/mol. The van der Waals surface area contributed by atoms with Crippen molar-refractivity contribution in [2.45, 2.75) is 55.6 Å². The molecule has 0 bridgehead atoms. The van der Waals surface area contributed by atoms with Crippen LogP contribution in [-0.4, -0.2) is 35.4 Å². The summed E-state index contributed by atoms with van der Waals surface area (Å²) in [4.78, 5) is 26.2. The molecular formula is C24H30N2O4S2. The highest BCUT2D eigenvalue weighted by Gasteiger charge is 2.19. The lowest BCUT2D eigenvalue weighted by molar-refractivity contribution is -0.128. The highest BCUT2D eigenvalue weighted by Crippen LogP contribution is 2.28. The minimum Gasteiger partial charge on any atom is -0.481 e. The van der Waals surface area contributed by atoms with E-state index >= 15 is 0 Å². The van der Waals surface area contributed by atoms with E-state index in [1.54, 1.807) is 23.7 Å². The van der Waals surface area contributed by atoms with Crippen LogP contribution in [0.1, 0.15) is 43.9 Å². The molecule has 1 aromatic heterocycles. The summed E-state index contributed by atoms with van der Waals surface area (Å²) < 4.78 is 5.49. The van der Waals surface area contributed by atoms with Gasteiger partial charge in [-0.1, -0.05) is 18.4 Å². The van der Waals surface area contributed by atoms with E-state index in [9.17, 15) is 9.59 Å². The fourth-order valence-electron chi connectivity index (χ4n) is 2.93. The highest BCUT2D eigenvalue weighted by atomic mass is 32.2. The number of hydroxylamine groups is 1. The first-order valence-electron chi connectivity index (χ1n) is 10.6. The third-order valence-electron chi connectivity index (χ3n) is 4.61. The summed E-state index contributed by atoms with van der Waals surface area (Å²) in [5.41, 5.74) is 1.76. The smallest absolute Gasteiger partial charge is 0.256 e. The van der Waals surface area contributed by atoms with Gasteiger partial charge in [0.2, 0.25) is 5.91 Å². The number of aryl methyl sites for hydroxylation is 1. The van der Waals surface area contributed by atoms with Gasteiger partial charge in [0.15, 0.2) is 0 Å². The van der Waals surface area contributed by atoms with E-state index in [0.717, 1.165) is 30.6 Å². The molecule has 0 aliphatic carbocycles. The van der Waals surface area contributed by atoms with Crippen LogP contribution in [-0.2, 0) is 16.0 Å². The van der Waals surface area contributed by atoms with Crippen LogP contribution in [0.25, 0.3) is 0 Å². The summed E-state index contributed by atoms with van der Waals surface area (Å²) in [6.45, 7) is 2.68. The third kappa shape index (κ3) is 10.2. The molecule has 0 aliphatic rings. The average Bonchev–Trinajstić information content (AvgIpc) is 3.32. The van der Waals surface area contributed by atoms with E-state index in [-0.39, 0.29) is 5.91 Å². The first-order chi connectivity index (χ1) is 15.6. The van der Waals surface area contributed by atoms with Gasteiger partial charge in [0.25, 0.3) is 5.91 Å². The van der Waals surface area contributed by atoms with Crippen molar-refractivity contribution in [3.8, 4) is 17.6 Å². The zero-order valence-corrected chi connectivity index (χ0v) is 19.9. The quantitative estimate of drug-likeness (QED) is 0.124. The molecule has 0 spiro atoms. The second kappa shape index (κ2) is 15.4. The van der Waals surface area contributed by atoms with Crippen LogP contribution in [0.3, 0.4) is 0 Å². The summed E-state index contributed by atoms with van der Waals surface area (Å²) in [5, 5.41) is 13.6. The highest BCUT2D eigenvalue weighted by molar-refractivity contribution is 8.00. The number of thioether (sulfide) groups is 1. The number of carbonyl (C=O) groups excluding carboxylic acids is 2. The molecule has 1 aromatic carbocycles. The molecular weight excluding hydrogens is 444 g/mol. The molecule has 1 unspecified atom stereocenters. The zero-order chi connectivity index (χ0) is 23.0. The van der Waals surface area contributed by atoms with Gasteiger partial charge in [-0.05, 0) is 68.3 Å². The Morgan fingerprint density at radius 2 is 2.00 bits per heavy atom. The van der Waals surface area contributed by atoms with Crippen LogP contribution in [0.15, 0.2) is 46.7 Å². The fourth-order valence-corrected chi connectivity index (χ4v) is 4.75. The molecule has 8 heteroatoms. The third-order valence-corrected chi connectivity index (χ3v) is 6.83. The lowest BCUT2D eigenvalue weighted by atomic mass is 10.1. The van der Waals surface area contributed by atoms with Crippen molar-refractivity contribution in [1.82, 2.24) is 10.8 Å². The van der Waals surface area contributed by atoms with E-state index in [4.69, 9.17) is 9.94 Å².